The third-order valence-electron chi connectivity index (χ3n) is 8.00. The first-order chi connectivity index (χ1) is 17.2. The Morgan fingerprint density at radius 1 is 1.00 bits per heavy atom. The van der Waals surface area contributed by atoms with E-state index < -0.39 is 5.54 Å². The molecule has 8 heteroatoms. The number of hydrogen-bond acceptors (Lipinski definition) is 5. The SMILES string of the molecule is Cc1cccc(NC(=O)CN2CCN(CN3C(=O)NC(C)(c4ccc5c(c4)CCC5)C3=O)CC2)c1C. The Morgan fingerprint density at radius 2 is 1.72 bits per heavy atom. The molecule has 1 unspecified atom stereocenters. The summed E-state index contributed by atoms with van der Waals surface area (Å²) in [4.78, 5) is 44.4. The number of piperazine rings is 1. The van der Waals surface area contributed by atoms with Crippen molar-refractivity contribution in [2.45, 2.75) is 45.6 Å². The van der Waals surface area contributed by atoms with Crippen molar-refractivity contribution in [3.8, 4) is 0 Å². The number of carbonyl (C=O) groups excluding carboxylic acids is 3. The molecule has 2 N–H and O–H groups in total. The summed E-state index contributed by atoms with van der Waals surface area (Å²) in [7, 11) is 0. The molecule has 0 saturated carbocycles. The van der Waals surface area contributed by atoms with Gasteiger partial charge in [-0.15, -0.1) is 0 Å². The van der Waals surface area contributed by atoms with E-state index in [1.165, 1.54) is 16.0 Å². The first-order valence-corrected chi connectivity index (χ1v) is 12.8. The third-order valence-corrected chi connectivity index (χ3v) is 8.00. The molecule has 2 aliphatic heterocycles. The molecule has 8 nitrogen and oxygen atoms in total. The van der Waals surface area contributed by atoms with Gasteiger partial charge >= 0.3 is 6.03 Å². The molecule has 2 aromatic rings. The topological polar surface area (TPSA) is 85.0 Å². The van der Waals surface area contributed by atoms with Gasteiger partial charge in [0.05, 0.1) is 13.2 Å². The van der Waals surface area contributed by atoms with Gasteiger partial charge in [-0.25, -0.2) is 9.69 Å². The molecule has 0 aromatic heterocycles. The van der Waals surface area contributed by atoms with Crippen LogP contribution in [0, 0.1) is 13.8 Å². The van der Waals surface area contributed by atoms with Crippen LogP contribution < -0.4 is 10.6 Å². The van der Waals surface area contributed by atoms with Crippen molar-refractivity contribution in [2.24, 2.45) is 0 Å². The Bertz CT molecular complexity index is 1200. The van der Waals surface area contributed by atoms with Crippen LogP contribution in [0.4, 0.5) is 10.5 Å². The van der Waals surface area contributed by atoms with Crippen LogP contribution in [0.15, 0.2) is 36.4 Å². The standard InChI is InChI=1S/C28H35N5O3/c1-19-6-4-9-24(20(19)2)29-25(34)17-31-12-14-32(15-13-31)18-33-26(35)28(3,30-27(33)36)23-11-10-21-7-5-8-22(21)16-23/h4,6,9-11,16H,5,7-8,12-15,17-18H2,1-3H3,(H,29,34)(H,30,36). The first kappa shape index (κ1) is 24.5. The number of urea groups is 1. The van der Waals surface area contributed by atoms with Crippen LogP contribution in [-0.2, 0) is 28.0 Å². The van der Waals surface area contributed by atoms with Gasteiger partial charge in [-0.2, -0.15) is 0 Å². The lowest BCUT2D eigenvalue weighted by Crippen LogP contribution is -2.52. The number of nitrogens with zero attached hydrogens (tertiary/aromatic N) is 3. The molecule has 1 aliphatic carbocycles. The van der Waals surface area contributed by atoms with Gasteiger partial charge in [0.15, 0.2) is 0 Å². The van der Waals surface area contributed by atoms with E-state index in [9.17, 15) is 14.4 Å². The molecular weight excluding hydrogens is 454 g/mol. The quantitative estimate of drug-likeness (QED) is 0.610. The van der Waals surface area contributed by atoms with Crippen LogP contribution in [0.25, 0.3) is 0 Å². The predicted octanol–water partition coefficient (Wildman–Crippen LogP) is 2.77. The summed E-state index contributed by atoms with van der Waals surface area (Å²) < 4.78 is 0. The number of aryl methyl sites for hydroxylation is 3. The lowest BCUT2D eigenvalue weighted by atomic mass is 9.90. The summed E-state index contributed by atoms with van der Waals surface area (Å²) in [5, 5.41) is 5.96. The van der Waals surface area contributed by atoms with Gasteiger partial charge in [0.2, 0.25) is 5.91 Å². The van der Waals surface area contributed by atoms with Crippen molar-refractivity contribution in [3.63, 3.8) is 0 Å². The smallest absolute Gasteiger partial charge is 0.325 e. The number of hydrogen-bond donors (Lipinski definition) is 2. The summed E-state index contributed by atoms with van der Waals surface area (Å²) in [5.74, 6) is -0.239. The van der Waals surface area contributed by atoms with Crippen molar-refractivity contribution >= 4 is 23.5 Å². The molecule has 5 rings (SSSR count). The number of carbonyl (C=O) groups is 3. The van der Waals surface area contributed by atoms with Crippen LogP contribution in [0.5, 0.6) is 0 Å². The molecular formula is C28H35N5O3. The molecule has 3 aliphatic rings. The van der Waals surface area contributed by atoms with Crippen LogP contribution >= 0.6 is 0 Å². The minimum atomic E-state index is -1.04. The van der Waals surface area contributed by atoms with E-state index in [0.29, 0.717) is 32.7 Å². The van der Waals surface area contributed by atoms with Gasteiger partial charge in [0, 0.05) is 31.9 Å². The summed E-state index contributed by atoms with van der Waals surface area (Å²) in [6.07, 6.45) is 3.25. The van der Waals surface area contributed by atoms with E-state index >= 15 is 0 Å². The number of nitrogens with one attached hydrogen (secondary N) is 2. The highest BCUT2D eigenvalue weighted by Gasteiger charge is 2.49. The van der Waals surface area contributed by atoms with Gasteiger partial charge in [-0.05, 0) is 73.9 Å². The highest BCUT2D eigenvalue weighted by atomic mass is 16.2. The number of benzene rings is 2. The zero-order valence-electron chi connectivity index (χ0n) is 21.4. The normalized spacial score (nSPS) is 22.6. The largest absolute Gasteiger partial charge is 0.326 e. The van der Waals surface area contributed by atoms with Crippen molar-refractivity contribution < 1.29 is 14.4 Å². The lowest BCUT2D eigenvalue weighted by molar-refractivity contribution is -0.132. The number of fused-ring (bicyclic) bond motifs is 1. The molecule has 4 amide bonds. The van der Waals surface area contributed by atoms with Crippen molar-refractivity contribution in [2.75, 3.05) is 44.7 Å². The Balaban J connectivity index is 1.15. The first-order valence-electron chi connectivity index (χ1n) is 12.8. The molecule has 2 aromatic carbocycles. The molecule has 2 fully saturated rings. The van der Waals surface area contributed by atoms with Crippen molar-refractivity contribution in [1.29, 1.82) is 0 Å². The minimum absolute atomic E-state index is 0.0311. The van der Waals surface area contributed by atoms with Gasteiger partial charge < -0.3 is 10.6 Å². The second-order valence-electron chi connectivity index (χ2n) is 10.5. The number of imide groups is 1. The van der Waals surface area contributed by atoms with Crippen LogP contribution in [-0.4, -0.2) is 71.9 Å². The van der Waals surface area contributed by atoms with Crippen LogP contribution in [0.2, 0.25) is 0 Å². The lowest BCUT2D eigenvalue weighted by Gasteiger charge is -2.35. The zero-order chi connectivity index (χ0) is 25.4. The van der Waals surface area contributed by atoms with E-state index in [0.717, 1.165) is 41.6 Å². The Kier molecular flexibility index (Phi) is 6.57. The van der Waals surface area contributed by atoms with E-state index in [-0.39, 0.29) is 24.5 Å². The fraction of sp³-hybridized carbons (Fsp3) is 0.464. The maximum Gasteiger partial charge on any atom is 0.326 e. The molecule has 36 heavy (non-hydrogen) atoms. The fourth-order valence-electron chi connectivity index (χ4n) is 5.47. The summed E-state index contributed by atoms with van der Waals surface area (Å²) >= 11 is 0. The van der Waals surface area contributed by atoms with Crippen molar-refractivity contribution in [1.82, 2.24) is 20.0 Å². The molecule has 2 saturated heterocycles. The van der Waals surface area contributed by atoms with E-state index in [1.54, 1.807) is 6.92 Å². The summed E-state index contributed by atoms with van der Waals surface area (Å²) in [6.45, 7) is 9.19. The maximum absolute atomic E-state index is 13.4. The Hall–Kier alpha value is -3.23. The van der Waals surface area contributed by atoms with Crippen LogP contribution in [0.1, 0.15) is 41.2 Å². The highest BCUT2D eigenvalue weighted by Crippen LogP contribution is 2.32. The van der Waals surface area contributed by atoms with Crippen LogP contribution in [0.3, 0.4) is 0 Å². The highest BCUT2D eigenvalue weighted by molar-refractivity contribution is 6.07. The number of rotatable bonds is 6. The number of amides is 4. The fourth-order valence-corrected chi connectivity index (χ4v) is 5.47. The number of anilines is 1. The Labute approximate surface area is 212 Å². The second kappa shape index (κ2) is 9.67. The Morgan fingerprint density at radius 3 is 2.50 bits per heavy atom. The monoisotopic (exact) mass is 489 g/mol. The summed E-state index contributed by atoms with van der Waals surface area (Å²) in [6, 6.07) is 11.7. The maximum atomic E-state index is 13.4. The van der Waals surface area contributed by atoms with E-state index in [4.69, 9.17) is 0 Å². The predicted molar refractivity (Wildman–Crippen MR) is 139 cm³/mol. The van der Waals surface area contributed by atoms with Gasteiger partial charge in [0.1, 0.15) is 5.54 Å². The molecule has 190 valence electrons. The molecule has 0 radical (unpaired) electrons. The molecule has 0 bridgehead atoms. The van der Waals surface area contributed by atoms with Gasteiger partial charge in [0.25, 0.3) is 5.91 Å². The second-order valence-corrected chi connectivity index (χ2v) is 10.5. The third kappa shape index (κ3) is 4.63. The van der Waals surface area contributed by atoms with Gasteiger partial charge in [-0.1, -0.05) is 30.3 Å². The molecule has 1 atom stereocenters. The van der Waals surface area contributed by atoms with E-state index in [2.05, 4.69) is 32.6 Å². The van der Waals surface area contributed by atoms with E-state index in [1.807, 2.05) is 38.1 Å². The average molecular weight is 490 g/mol. The zero-order valence-corrected chi connectivity index (χ0v) is 21.4. The average Bonchev–Trinajstić information content (AvgIpc) is 3.41. The minimum Gasteiger partial charge on any atom is -0.325 e. The molecule has 2 heterocycles. The van der Waals surface area contributed by atoms with Gasteiger partial charge in [-0.3, -0.25) is 19.4 Å². The summed E-state index contributed by atoms with van der Waals surface area (Å²) in [5.41, 5.74) is 5.52. The molecule has 0 spiro atoms. The van der Waals surface area contributed by atoms with Crippen molar-refractivity contribution in [3.05, 3.63) is 64.2 Å².